The minimum atomic E-state index is -0.412. The van der Waals surface area contributed by atoms with Crippen molar-refractivity contribution in [2.24, 2.45) is 0 Å². The van der Waals surface area contributed by atoms with Crippen molar-refractivity contribution in [2.45, 2.75) is 13.3 Å². The number of hydrogen-bond donors (Lipinski definition) is 1. The van der Waals surface area contributed by atoms with Crippen LogP contribution >= 0.6 is 35.6 Å². The van der Waals surface area contributed by atoms with Crippen LogP contribution in [0.15, 0.2) is 53.4 Å². The van der Waals surface area contributed by atoms with Crippen molar-refractivity contribution in [3.63, 3.8) is 0 Å². The predicted octanol–water partition coefficient (Wildman–Crippen LogP) is 4.32. The Labute approximate surface area is 212 Å². The summed E-state index contributed by atoms with van der Waals surface area (Å²) in [5.41, 5.74) is 1.90. The molecule has 2 heterocycles. The Kier molecular flexibility index (Phi) is 7.67. The number of ether oxygens (including phenoxy) is 1. The van der Waals surface area contributed by atoms with Crippen LogP contribution in [0.4, 0.5) is 11.4 Å². The number of thiocarbonyl (C=S) groups is 1. The molecule has 0 bridgehead atoms. The Hall–Kier alpha value is -2.72. The molecular formula is C24H22ClN3O4S2. The van der Waals surface area contributed by atoms with Crippen molar-refractivity contribution in [1.29, 1.82) is 0 Å². The molecule has 7 nitrogen and oxygen atoms in total. The molecule has 2 aliphatic heterocycles. The Morgan fingerprint density at radius 3 is 2.59 bits per heavy atom. The zero-order valence-electron chi connectivity index (χ0n) is 18.4. The van der Waals surface area contributed by atoms with E-state index in [2.05, 4.69) is 5.32 Å². The maximum atomic E-state index is 13.5. The van der Waals surface area contributed by atoms with Gasteiger partial charge in [-0.25, -0.2) is 0 Å². The van der Waals surface area contributed by atoms with E-state index < -0.39 is 11.8 Å². The largest absolute Gasteiger partial charge is 0.382 e. The molecule has 2 aromatic carbocycles. The average molecular weight is 516 g/mol. The Balaban J connectivity index is 1.58. The molecule has 2 aromatic rings. The minimum Gasteiger partial charge on any atom is -0.382 e. The number of nitrogens with zero attached hydrogens (tertiary/aromatic N) is 2. The van der Waals surface area contributed by atoms with Crippen molar-refractivity contribution < 1.29 is 19.1 Å². The van der Waals surface area contributed by atoms with Crippen LogP contribution in [-0.2, 0) is 19.1 Å². The summed E-state index contributed by atoms with van der Waals surface area (Å²) in [6.45, 7) is 3.23. The summed E-state index contributed by atoms with van der Waals surface area (Å²) in [5, 5.41) is 3.14. The zero-order chi connectivity index (χ0) is 24.2. The van der Waals surface area contributed by atoms with Gasteiger partial charge in [0.1, 0.15) is 10.9 Å². The third-order valence-electron chi connectivity index (χ3n) is 5.32. The van der Waals surface area contributed by atoms with Crippen LogP contribution in [0.3, 0.4) is 0 Å². The Morgan fingerprint density at radius 2 is 1.82 bits per heavy atom. The molecule has 34 heavy (non-hydrogen) atoms. The van der Waals surface area contributed by atoms with Gasteiger partial charge in [0.05, 0.1) is 26.9 Å². The van der Waals surface area contributed by atoms with Gasteiger partial charge < -0.3 is 10.1 Å². The summed E-state index contributed by atoms with van der Waals surface area (Å²) in [6.07, 6.45) is 0.641. The van der Waals surface area contributed by atoms with E-state index in [0.29, 0.717) is 52.5 Å². The summed E-state index contributed by atoms with van der Waals surface area (Å²) in [7, 11) is 0. The van der Waals surface area contributed by atoms with Crippen LogP contribution in [0.1, 0.15) is 18.9 Å². The van der Waals surface area contributed by atoms with Crippen LogP contribution in [-0.4, -0.2) is 53.2 Å². The van der Waals surface area contributed by atoms with E-state index in [0.717, 1.165) is 11.8 Å². The lowest BCUT2D eigenvalue weighted by Crippen LogP contribution is -2.35. The average Bonchev–Trinajstić information content (AvgIpc) is 3.25. The van der Waals surface area contributed by atoms with Gasteiger partial charge in [0, 0.05) is 25.3 Å². The second-order valence-corrected chi connectivity index (χ2v) is 9.57. The fourth-order valence-electron chi connectivity index (χ4n) is 3.76. The molecule has 0 unspecified atom stereocenters. The van der Waals surface area contributed by atoms with Gasteiger partial charge in [-0.05, 0) is 31.5 Å². The van der Waals surface area contributed by atoms with Crippen molar-refractivity contribution in [2.75, 3.05) is 36.5 Å². The summed E-state index contributed by atoms with van der Waals surface area (Å²) in [6, 6.07) is 14.0. The number of hydrogen-bond acceptors (Lipinski definition) is 6. The van der Waals surface area contributed by atoms with Crippen LogP contribution in [0.5, 0.6) is 0 Å². The van der Waals surface area contributed by atoms with Gasteiger partial charge in [-0.3, -0.25) is 24.2 Å². The molecule has 3 amide bonds. The highest BCUT2D eigenvalue weighted by molar-refractivity contribution is 8.26. The first-order valence-electron chi connectivity index (χ1n) is 10.7. The lowest BCUT2D eigenvalue weighted by atomic mass is 10.1. The van der Waals surface area contributed by atoms with Gasteiger partial charge >= 0.3 is 0 Å². The number of fused-ring (bicyclic) bond motifs is 1. The summed E-state index contributed by atoms with van der Waals surface area (Å²) in [5.74, 6) is -1.11. The van der Waals surface area contributed by atoms with Gasteiger partial charge in [0.15, 0.2) is 0 Å². The molecule has 0 aromatic heterocycles. The summed E-state index contributed by atoms with van der Waals surface area (Å²) in [4.78, 5) is 42.6. The van der Waals surface area contributed by atoms with Gasteiger partial charge in [0.2, 0.25) is 5.91 Å². The lowest BCUT2D eigenvalue weighted by Gasteiger charge is -2.17. The number of carbonyl (C=O) groups excluding carboxylic acids is 3. The van der Waals surface area contributed by atoms with Gasteiger partial charge in [0.25, 0.3) is 11.8 Å². The maximum absolute atomic E-state index is 13.5. The lowest BCUT2D eigenvalue weighted by molar-refractivity contribution is -0.122. The van der Waals surface area contributed by atoms with E-state index in [1.807, 2.05) is 6.92 Å². The fourth-order valence-corrected chi connectivity index (χ4v) is 5.33. The molecule has 4 rings (SSSR count). The minimum absolute atomic E-state index is 0.223. The normalized spacial score (nSPS) is 17.5. The molecule has 0 aliphatic carbocycles. The number of rotatable bonds is 8. The van der Waals surface area contributed by atoms with Gasteiger partial charge in [-0.2, -0.15) is 0 Å². The van der Waals surface area contributed by atoms with Crippen LogP contribution in [0.25, 0.3) is 5.57 Å². The van der Waals surface area contributed by atoms with E-state index in [4.69, 9.17) is 28.6 Å². The fraction of sp³-hybridized carbons (Fsp3) is 0.250. The Bertz CT molecular complexity index is 1200. The van der Waals surface area contributed by atoms with Crippen molar-refractivity contribution in [1.82, 2.24) is 4.90 Å². The molecule has 1 fully saturated rings. The van der Waals surface area contributed by atoms with E-state index in [1.165, 1.54) is 9.80 Å². The van der Waals surface area contributed by atoms with Crippen LogP contribution in [0.2, 0.25) is 5.02 Å². The molecular weight excluding hydrogens is 494 g/mol. The number of benzene rings is 2. The number of anilines is 2. The van der Waals surface area contributed by atoms with Crippen LogP contribution in [0, 0.1) is 0 Å². The number of thioether (sulfide) groups is 1. The van der Waals surface area contributed by atoms with Crippen LogP contribution < -0.4 is 10.2 Å². The third-order valence-corrected chi connectivity index (χ3v) is 7.10. The first kappa shape index (κ1) is 24.4. The van der Waals surface area contributed by atoms with E-state index >= 15 is 0 Å². The molecule has 0 spiro atoms. The van der Waals surface area contributed by atoms with Crippen molar-refractivity contribution in [3.05, 3.63) is 64.0 Å². The second-order valence-electron chi connectivity index (χ2n) is 7.52. The zero-order valence-corrected chi connectivity index (χ0v) is 20.8. The van der Waals surface area contributed by atoms with Crippen molar-refractivity contribution >= 4 is 74.6 Å². The summed E-state index contributed by atoms with van der Waals surface area (Å²) < 4.78 is 5.75. The number of nitrogens with one attached hydrogen (secondary N) is 1. The number of para-hydroxylation sites is 2. The molecule has 1 N–H and O–H groups in total. The highest BCUT2D eigenvalue weighted by Gasteiger charge is 2.42. The molecule has 0 atom stereocenters. The molecule has 10 heteroatoms. The number of amides is 3. The molecule has 0 radical (unpaired) electrons. The maximum Gasteiger partial charge on any atom is 0.267 e. The quantitative estimate of drug-likeness (QED) is 0.320. The standard InChI is InChI=1S/C24H22ClN3O4S2/c1-2-32-13-7-12-27-23(31)21(34-24(27)33)20-15-8-3-6-11-18(15)28(22(20)30)14-19(29)26-17-10-5-4-9-16(17)25/h3-6,8-11H,2,7,12-14H2,1H3,(H,26,29)/b21-20-. The highest BCUT2D eigenvalue weighted by atomic mass is 35.5. The first-order chi connectivity index (χ1) is 16.4. The monoisotopic (exact) mass is 515 g/mol. The molecule has 1 saturated heterocycles. The SMILES string of the molecule is CCOCCCN1C(=O)/C(=C2/C(=O)N(CC(=O)Nc3ccccc3Cl)c3ccccc32)SC1=S. The topological polar surface area (TPSA) is 79.0 Å². The predicted molar refractivity (Wildman–Crippen MR) is 139 cm³/mol. The molecule has 0 saturated carbocycles. The Morgan fingerprint density at radius 1 is 1.09 bits per heavy atom. The molecule has 176 valence electrons. The number of carbonyl (C=O) groups is 3. The third kappa shape index (κ3) is 4.88. The molecule has 2 aliphatic rings. The smallest absolute Gasteiger partial charge is 0.267 e. The number of halogens is 1. The highest BCUT2D eigenvalue weighted by Crippen LogP contribution is 2.44. The van der Waals surface area contributed by atoms with E-state index in [-0.39, 0.29) is 22.9 Å². The van der Waals surface area contributed by atoms with Gasteiger partial charge in [-0.15, -0.1) is 0 Å². The second kappa shape index (κ2) is 10.7. The summed E-state index contributed by atoms with van der Waals surface area (Å²) >= 11 is 12.7. The first-order valence-corrected chi connectivity index (χ1v) is 12.3. The van der Waals surface area contributed by atoms with Crippen molar-refractivity contribution in [3.8, 4) is 0 Å². The van der Waals surface area contributed by atoms with E-state index in [9.17, 15) is 14.4 Å². The van der Waals surface area contributed by atoms with Gasteiger partial charge in [-0.1, -0.05) is 65.9 Å². The van der Waals surface area contributed by atoms with E-state index in [1.54, 1.807) is 48.5 Å².